The maximum atomic E-state index is 12.5. The number of nitrogens with zero attached hydrogens (tertiary/aromatic N) is 2. The number of likely N-dealkylation sites (tertiary alicyclic amines) is 2. The Bertz CT molecular complexity index is 2400. The summed E-state index contributed by atoms with van der Waals surface area (Å²) in [5, 5.41) is 1.06. The fourth-order valence-electron chi connectivity index (χ4n) is 9.49. The number of nitrogens with two attached hydrogens (primary N) is 2. The average molecular weight is 988 g/mol. The Balaban J connectivity index is 0.985. The fourth-order valence-corrected chi connectivity index (χ4v) is 9.96. The van der Waals surface area contributed by atoms with Gasteiger partial charge in [-0.25, -0.2) is 0 Å². The topological polar surface area (TPSA) is 148 Å². The SMILES string of the molecule is CCOc1cc(OCc2cccc(-c3cccc4c3CC[C@@H]4Oc3cc(OCC)c(CN4CCC(OC(=O)[C@@H](N)C(C)C)CC4)cc3Cl)c2C)c(Cl)cc1CN1CCC(OC(=O)[C@@H](N)C(C)C)CC1. The van der Waals surface area contributed by atoms with E-state index in [1.54, 1.807) is 0 Å². The summed E-state index contributed by atoms with van der Waals surface area (Å²) in [6, 6.07) is 19.4. The molecule has 3 atom stereocenters. The first-order valence-corrected chi connectivity index (χ1v) is 25.7. The Hall–Kier alpha value is -4.56. The normalized spacial score (nSPS) is 18.0. The zero-order valence-corrected chi connectivity index (χ0v) is 43.0. The minimum Gasteiger partial charge on any atom is -0.493 e. The van der Waals surface area contributed by atoms with Gasteiger partial charge in [-0.15, -0.1) is 0 Å². The molecule has 12 nitrogen and oxygen atoms in total. The van der Waals surface area contributed by atoms with Crippen molar-refractivity contribution in [2.24, 2.45) is 23.3 Å². The van der Waals surface area contributed by atoms with Crippen LogP contribution in [-0.2, 0) is 45.2 Å². The zero-order chi connectivity index (χ0) is 49.4. The van der Waals surface area contributed by atoms with Crippen molar-refractivity contribution in [2.45, 2.75) is 137 Å². The van der Waals surface area contributed by atoms with Crippen LogP contribution in [-0.4, -0.2) is 85.4 Å². The molecule has 2 fully saturated rings. The molecule has 0 spiro atoms. The van der Waals surface area contributed by atoms with Crippen LogP contribution in [0.2, 0.25) is 10.0 Å². The van der Waals surface area contributed by atoms with Gasteiger partial charge in [0, 0.05) is 62.5 Å². The summed E-state index contributed by atoms with van der Waals surface area (Å²) < 4.78 is 37.0. The summed E-state index contributed by atoms with van der Waals surface area (Å²) in [6.45, 7) is 19.6. The van der Waals surface area contributed by atoms with Crippen molar-refractivity contribution in [1.29, 1.82) is 0 Å². The summed E-state index contributed by atoms with van der Waals surface area (Å²) >= 11 is 13.9. The van der Waals surface area contributed by atoms with E-state index in [1.165, 1.54) is 11.1 Å². The molecule has 4 N–H and O–H groups in total. The van der Waals surface area contributed by atoms with Gasteiger partial charge in [-0.1, -0.05) is 87.3 Å². The van der Waals surface area contributed by atoms with E-state index in [1.807, 2.05) is 65.8 Å². The molecule has 374 valence electrons. The largest absolute Gasteiger partial charge is 0.493 e. The van der Waals surface area contributed by atoms with Crippen molar-refractivity contribution in [3.63, 3.8) is 0 Å². The number of carbonyl (C=O) groups excluding carboxylic acids is 2. The predicted molar refractivity (Wildman–Crippen MR) is 272 cm³/mol. The number of esters is 2. The summed E-state index contributed by atoms with van der Waals surface area (Å²) in [7, 11) is 0. The fraction of sp³-hybridized carbons (Fsp3) is 0.527. The first-order chi connectivity index (χ1) is 33.1. The highest BCUT2D eigenvalue weighted by Crippen LogP contribution is 2.44. The molecule has 0 radical (unpaired) electrons. The third-order valence-electron chi connectivity index (χ3n) is 13.8. The highest BCUT2D eigenvalue weighted by atomic mass is 35.5. The number of benzene rings is 4. The summed E-state index contributed by atoms with van der Waals surface area (Å²) in [4.78, 5) is 29.6. The lowest BCUT2D eigenvalue weighted by molar-refractivity contribution is -0.155. The Morgan fingerprint density at radius 2 is 1.13 bits per heavy atom. The van der Waals surface area contributed by atoms with Gasteiger partial charge in [-0.05, 0) is 117 Å². The molecule has 14 heteroatoms. The van der Waals surface area contributed by atoms with E-state index in [-0.39, 0.29) is 42.1 Å². The number of fused-ring (bicyclic) bond motifs is 1. The van der Waals surface area contributed by atoms with Gasteiger partial charge < -0.3 is 39.9 Å². The first-order valence-electron chi connectivity index (χ1n) is 24.9. The minimum atomic E-state index is -0.607. The predicted octanol–water partition coefficient (Wildman–Crippen LogP) is 10.4. The van der Waals surface area contributed by atoms with Gasteiger partial charge in [0.2, 0.25) is 0 Å². The van der Waals surface area contributed by atoms with E-state index >= 15 is 0 Å². The number of halogens is 2. The van der Waals surface area contributed by atoms with Crippen molar-refractivity contribution < 1.29 is 38.0 Å². The van der Waals surface area contributed by atoms with Crippen LogP contribution in [0.1, 0.15) is 113 Å². The van der Waals surface area contributed by atoms with Crippen LogP contribution >= 0.6 is 23.2 Å². The molecule has 0 aromatic heterocycles. The summed E-state index contributed by atoms with van der Waals surface area (Å²) in [5.41, 5.74) is 21.0. The number of hydrogen-bond acceptors (Lipinski definition) is 12. The Labute approximate surface area is 419 Å². The maximum absolute atomic E-state index is 12.5. The van der Waals surface area contributed by atoms with Crippen LogP contribution in [0.4, 0.5) is 0 Å². The standard InChI is InChI=1S/C55H72Cl2N4O8/c1-8-64-48-28-50(45(56)26-37(48)30-60-22-18-39(19-23-60)67-54(62)52(58)33(3)4)66-32-36-12-10-13-41(35(36)7)42-14-11-15-44-43(42)16-17-47(44)69-51-29-49(65-9-2)38(27-46(51)57)31-61-24-20-40(21-25-61)68-55(63)53(59)34(5)6/h10-15,26-29,33-34,39-40,47,52-53H,8-9,16-25,30-32,58-59H2,1-7H3/t47-,52-,53-/m0/s1. The average Bonchev–Trinajstić information content (AvgIpc) is 3.74. The second-order valence-corrected chi connectivity index (χ2v) is 20.2. The van der Waals surface area contributed by atoms with Crippen molar-refractivity contribution in [1.82, 2.24) is 9.80 Å². The number of hydrogen-bond donors (Lipinski definition) is 2. The van der Waals surface area contributed by atoms with E-state index < -0.39 is 12.1 Å². The smallest absolute Gasteiger partial charge is 0.323 e. The highest BCUT2D eigenvalue weighted by Gasteiger charge is 2.31. The second kappa shape index (κ2) is 24.0. The van der Waals surface area contributed by atoms with E-state index in [0.29, 0.717) is 54.5 Å². The van der Waals surface area contributed by atoms with Crippen LogP contribution in [0.25, 0.3) is 11.1 Å². The summed E-state index contributed by atoms with van der Waals surface area (Å²) in [6.07, 6.45) is 4.22. The lowest BCUT2D eigenvalue weighted by Crippen LogP contribution is -2.42. The maximum Gasteiger partial charge on any atom is 0.323 e. The molecule has 0 amide bonds. The van der Waals surface area contributed by atoms with E-state index in [2.05, 4.69) is 53.1 Å². The van der Waals surface area contributed by atoms with Crippen LogP contribution in [0.3, 0.4) is 0 Å². The van der Waals surface area contributed by atoms with Crippen LogP contribution in [0, 0.1) is 18.8 Å². The molecule has 69 heavy (non-hydrogen) atoms. The molecule has 0 unspecified atom stereocenters. The molecule has 0 saturated carbocycles. The van der Waals surface area contributed by atoms with Crippen LogP contribution in [0.5, 0.6) is 23.0 Å². The van der Waals surface area contributed by atoms with Gasteiger partial charge in [-0.2, -0.15) is 0 Å². The number of piperidine rings is 2. The van der Waals surface area contributed by atoms with Crippen molar-refractivity contribution in [2.75, 3.05) is 39.4 Å². The Kier molecular flexibility index (Phi) is 18.2. The van der Waals surface area contributed by atoms with Gasteiger partial charge in [0.25, 0.3) is 0 Å². The number of rotatable bonds is 20. The molecule has 7 rings (SSSR count). The van der Waals surface area contributed by atoms with Gasteiger partial charge >= 0.3 is 11.9 Å². The Morgan fingerprint density at radius 3 is 1.65 bits per heavy atom. The van der Waals surface area contributed by atoms with E-state index in [9.17, 15) is 9.59 Å². The van der Waals surface area contributed by atoms with E-state index in [0.717, 1.165) is 110 Å². The van der Waals surface area contributed by atoms with Crippen molar-refractivity contribution in [3.8, 4) is 34.1 Å². The molecule has 1 aliphatic carbocycles. The lowest BCUT2D eigenvalue weighted by Gasteiger charge is -2.32. The Morgan fingerprint density at radius 1 is 0.638 bits per heavy atom. The molecule has 4 aromatic carbocycles. The van der Waals surface area contributed by atoms with Crippen molar-refractivity contribution in [3.05, 3.63) is 104 Å². The molecular weight excluding hydrogens is 916 g/mol. The number of ether oxygens (including phenoxy) is 6. The molecule has 2 saturated heterocycles. The second-order valence-electron chi connectivity index (χ2n) is 19.4. The van der Waals surface area contributed by atoms with E-state index in [4.69, 9.17) is 63.1 Å². The summed E-state index contributed by atoms with van der Waals surface area (Å²) in [5.74, 6) is 2.07. The first kappa shape index (κ1) is 52.3. The third kappa shape index (κ3) is 13.1. The van der Waals surface area contributed by atoms with Gasteiger partial charge in [-0.3, -0.25) is 19.4 Å². The van der Waals surface area contributed by atoms with Crippen LogP contribution in [0.15, 0.2) is 60.7 Å². The van der Waals surface area contributed by atoms with Gasteiger partial charge in [0.15, 0.2) is 0 Å². The lowest BCUT2D eigenvalue weighted by atomic mass is 9.91. The molecule has 3 aliphatic rings. The van der Waals surface area contributed by atoms with Crippen LogP contribution < -0.4 is 30.4 Å². The molecule has 0 bridgehead atoms. The zero-order valence-electron chi connectivity index (χ0n) is 41.5. The number of carbonyl (C=O) groups is 2. The molecular formula is C55H72Cl2N4O8. The van der Waals surface area contributed by atoms with Gasteiger partial charge in [0.05, 0.1) is 23.3 Å². The monoisotopic (exact) mass is 986 g/mol. The minimum absolute atomic E-state index is 0.0329. The molecule has 2 heterocycles. The molecule has 4 aromatic rings. The van der Waals surface area contributed by atoms with Gasteiger partial charge in [0.1, 0.15) is 60.0 Å². The quantitative estimate of drug-likeness (QED) is 0.0812. The highest BCUT2D eigenvalue weighted by molar-refractivity contribution is 6.32. The third-order valence-corrected chi connectivity index (χ3v) is 14.4. The molecule has 2 aliphatic heterocycles. The van der Waals surface area contributed by atoms with Crippen molar-refractivity contribution >= 4 is 35.1 Å².